The molecule has 0 amide bonds. The van der Waals surface area contributed by atoms with E-state index >= 15 is 0 Å². The first-order chi connectivity index (χ1) is 15.9. The zero-order chi connectivity index (χ0) is 22.9. The maximum absolute atomic E-state index is 12.6. The number of aliphatic hydroxyl groups is 1. The van der Waals surface area contributed by atoms with Gasteiger partial charge in [0.15, 0.2) is 5.60 Å². The van der Waals surface area contributed by atoms with Gasteiger partial charge < -0.3 is 28.8 Å². The van der Waals surface area contributed by atoms with Crippen molar-refractivity contribution in [3.63, 3.8) is 0 Å². The number of hydrogen-bond donors (Lipinski definition) is 1. The van der Waals surface area contributed by atoms with E-state index in [1.54, 1.807) is 7.11 Å². The first kappa shape index (κ1) is 21.5. The summed E-state index contributed by atoms with van der Waals surface area (Å²) < 4.78 is 32.3. The molecule has 184 valence electrons. The number of hydrogen-bond acceptors (Lipinski definition) is 8. The molecule has 3 spiro atoms. The van der Waals surface area contributed by atoms with Crippen LogP contribution in [0.2, 0.25) is 0 Å². The number of rotatable bonds is 4. The Morgan fingerprint density at radius 3 is 2.70 bits per heavy atom. The molecular formula is C25H37NO7. The van der Waals surface area contributed by atoms with Gasteiger partial charge in [-0.05, 0) is 37.6 Å². The molecule has 8 nitrogen and oxygen atoms in total. The van der Waals surface area contributed by atoms with Crippen LogP contribution in [-0.4, -0.2) is 91.7 Å². The molecular weight excluding hydrogens is 426 g/mol. The number of esters is 1. The molecule has 2 aliphatic heterocycles. The highest BCUT2D eigenvalue weighted by Crippen LogP contribution is 2.81. The third-order valence-corrected chi connectivity index (χ3v) is 11.4. The van der Waals surface area contributed by atoms with Crippen molar-refractivity contribution in [2.75, 3.05) is 34.1 Å². The summed E-state index contributed by atoms with van der Waals surface area (Å²) in [5.41, 5.74) is -1.79. The van der Waals surface area contributed by atoms with Crippen molar-refractivity contribution in [2.24, 2.45) is 35.0 Å². The Labute approximate surface area is 195 Å². The second-order valence-electron chi connectivity index (χ2n) is 11.7. The lowest BCUT2D eigenvalue weighted by Gasteiger charge is -2.67. The van der Waals surface area contributed by atoms with Crippen LogP contribution >= 0.6 is 0 Å². The first-order valence-corrected chi connectivity index (χ1v) is 12.8. The lowest BCUT2D eigenvalue weighted by atomic mass is 9.45. The van der Waals surface area contributed by atoms with Gasteiger partial charge in [0.2, 0.25) is 0 Å². The molecule has 5 saturated carbocycles. The fourth-order valence-electron chi connectivity index (χ4n) is 11.1. The molecule has 1 N–H and O–H groups in total. The summed E-state index contributed by atoms with van der Waals surface area (Å²) in [6.07, 6.45) is 2.50. The number of ether oxygens (including phenoxy) is 5. The Bertz CT molecular complexity index is 870. The van der Waals surface area contributed by atoms with Gasteiger partial charge >= 0.3 is 5.97 Å². The smallest absolute Gasteiger partial charge is 0.303 e. The number of methoxy groups -OCH3 is 2. The number of likely N-dealkylation sites (tertiary alicyclic amines) is 1. The van der Waals surface area contributed by atoms with Crippen LogP contribution in [0.1, 0.15) is 39.5 Å². The third-order valence-electron chi connectivity index (χ3n) is 11.4. The van der Waals surface area contributed by atoms with Crippen LogP contribution in [-0.2, 0) is 28.5 Å². The highest BCUT2D eigenvalue weighted by Gasteiger charge is 2.93. The Morgan fingerprint density at radius 1 is 1.18 bits per heavy atom. The van der Waals surface area contributed by atoms with Crippen molar-refractivity contribution >= 4 is 5.97 Å². The van der Waals surface area contributed by atoms with E-state index < -0.39 is 23.4 Å². The van der Waals surface area contributed by atoms with Crippen molar-refractivity contribution in [2.45, 2.75) is 81.2 Å². The van der Waals surface area contributed by atoms with E-state index in [9.17, 15) is 9.90 Å². The molecule has 7 fully saturated rings. The van der Waals surface area contributed by atoms with Gasteiger partial charge in [-0.3, -0.25) is 9.69 Å². The number of fused-ring (bicyclic) bond motifs is 1. The summed E-state index contributed by atoms with van der Waals surface area (Å²) in [5, 5.41) is 11.4. The summed E-state index contributed by atoms with van der Waals surface area (Å²) in [7, 11) is 3.61. The van der Waals surface area contributed by atoms with E-state index in [4.69, 9.17) is 23.7 Å². The third kappa shape index (κ3) is 2.04. The van der Waals surface area contributed by atoms with Crippen LogP contribution in [0.5, 0.6) is 0 Å². The Hall–Kier alpha value is -0.770. The van der Waals surface area contributed by atoms with Gasteiger partial charge in [-0.15, -0.1) is 0 Å². The summed E-state index contributed by atoms with van der Waals surface area (Å²) in [5.74, 6) is 0.749. The van der Waals surface area contributed by atoms with Crippen LogP contribution < -0.4 is 0 Å². The molecule has 0 aromatic rings. The topological polar surface area (TPSA) is 86.7 Å². The minimum Gasteiger partial charge on any atom is -0.459 e. The molecule has 8 heteroatoms. The molecule has 0 radical (unpaired) electrons. The molecule has 2 heterocycles. The molecule has 33 heavy (non-hydrogen) atoms. The van der Waals surface area contributed by atoms with E-state index in [0.717, 1.165) is 32.4 Å². The van der Waals surface area contributed by atoms with Gasteiger partial charge in [-0.1, -0.05) is 6.92 Å². The van der Waals surface area contributed by atoms with Gasteiger partial charge in [-0.25, -0.2) is 0 Å². The number of likely N-dealkylation sites (N-methyl/N-ethyl adjacent to an activating group) is 1. The quantitative estimate of drug-likeness (QED) is 0.623. The SMILES string of the molecule is CCN1C[C@@H]2CC[C@H](OC)[C@]34[C@@H]2[C@H](OC(C)=O)[C@@]2(OCO[C@@]25C[C@H](O)[C@H]2C[C@@H]3[C@@H]5[C@H]2OC)[C@@H]14. The summed E-state index contributed by atoms with van der Waals surface area (Å²) in [6, 6.07) is 0.0242. The standard InChI is InChI=1S/C25H37NO7/c1-5-26-10-13-6-7-17(29-3)24-15-8-14-16(28)9-23(19(15)20(14)30-4)25(22(24)26,32-11-31-23)21(18(13)24)33-12(2)27/h13-22,28H,5-11H2,1-4H3/t13-,14+,15+,16-,17-,18-,19+,20-,21-,22-,23+,24-,25+/m0/s1. The zero-order valence-corrected chi connectivity index (χ0v) is 20.1. The second kappa shape index (κ2) is 6.71. The number of carbonyl (C=O) groups is 1. The highest BCUT2D eigenvalue weighted by molar-refractivity contribution is 5.67. The Kier molecular flexibility index (Phi) is 4.37. The molecule has 13 atom stereocenters. The van der Waals surface area contributed by atoms with Crippen molar-refractivity contribution in [1.29, 1.82) is 0 Å². The predicted octanol–water partition coefficient (Wildman–Crippen LogP) is 1.19. The first-order valence-electron chi connectivity index (χ1n) is 12.8. The number of aliphatic hydroxyl groups excluding tert-OH is 1. The van der Waals surface area contributed by atoms with Crippen molar-refractivity contribution in [1.82, 2.24) is 4.90 Å². The maximum atomic E-state index is 12.6. The molecule has 7 aliphatic rings. The number of carbonyl (C=O) groups excluding carboxylic acids is 1. The zero-order valence-electron chi connectivity index (χ0n) is 20.1. The van der Waals surface area contributed by atoms with Gasteiger partial charge in [0, 0.05) is 57.3 Å². The molecule has 2 saturated heterocycles. The van der Waals surface area contributed by atoms with Crippen molar-refractivity contribution in [3.05, 3.63) is 0 Å². The lowest BCUT2D eigenvalue weighted by Crippen LogP contribution is -2.80. The lowest BCUT2D eigenvalue weighted by molar-refractivity contribution is -0.274. The van der Waals surface area contributed by atoms with Crippen LogP contribution in [0.3, 0.4) is 0 Å². The molecule has 0 unspecified atom stereocenters. The van der Waals surface area contributed by atoms with E-state index in [1.165, 1.54) is 6.92 Å². The summed E-state index contributed by atoms with van der Waals surface area (Å²) in [6.45, 7) is 5.78. The predicted molar refractivity (Wildman–Crippen MR) is 115 cm³/mol. The monoisotopic (exact) mass is 463 g/mol. The van der Waals surface area contributed by atoms with Gasteiger partial charge in [0.05, 0.1) is 24.4 Å². The van der Waals surface area contributed by atoms with E-state index in [2.05, 4.69) is 11.8 Å². The average Bonchev–Trinajstić information content (AvgIpc) is 3.37. The number of nitrogens with zero attached hydrogens (tertiary/aromatic N) is 1. The van der Waals surface area contributed by atoms with E-state index in [0.29, 0.717) is 12.3 Å². The van der Waals surface area contributed by atoms with Crippen LogP contribution in [0, 0.1) is 35.0 Å². The van der Waals surface area contributed by atoms with Crippen molar-refractivity contribution in [3.8, 4) is 0 Å². The normalized spacial score (nSPS) is 60.0. The molecule has 0 aromatic carbocycles. The molecule has 5 aliphatic carbocycles. The summed E-state index contributed by atoms with van der Waals surface area (Å²) in [4.78, 5) is 15.2. The minimum atomic E-state index is -0.830. The largest absolute Gasteiger partial charge is 0.459 e. The van der Waals surface area contributed by atoms with Gasteiger partial charge in [-0.2, -0.15) is 0 Å². The Balaban J connectivity index is 1.56. The van der Waals surface area contributed by atoms with E-state index in [1.807, 2.05) is 7.11 Å². The van der Waals surface area contributed by atoms with Gasteiger partial charge in [0.25, 0.3) is 0 Å². The molecule has 7 bridgehead atoms. The molecule has 0 aromatic heterocycles. The second-order valence-corrected chi connectivity index (χ2v) is 11.7. The van der Waals surface area contributed by atoms with Gasteiger partial charge in [0.1, 0.15) is 18.5 Å². The van der Waals surface area contributed by atoms with Crippen molar-refractivity contribution < 1.29 is 33.6 Å². The van der Waals surface area contributed by atoms with Crippen LogP contribution in [0.15, 0.2) is 0 Å². The highest BCUT2D eigenvalue weighted by atomic mass is 16.7. The molecule has 7 rings (SSSR count). The maximum Gasteiger partial charge on any atom is 0.303 e. The Morgan fingerprint density at radius 2 is 2.00 bits per heavy atom. The summed E-state index contributed by atoms with van der Waals surface area (Å²) >= 11 is 0. The van der Waals surface area contributed by atoms with Crippen LogP contribution in [0.4, 0.5) is 0 Å². The number of piperidine rings is 1. The minimum absolute atomic E-state index is 0.0242. The fraction of sp³-hybridized carbons (Fsp3) is 0.960. The average molecular weight is 464 g/mol. The van der Waals surface area contributed by atoms with E-state index in [-0.39, 0.29) is 60.1 Å². The van der Waals surface area contributed by atoms with Crippen LogP contribution in [0.25, 0.3) is 0 Å². The fourth-order valence-corrected chi connectivity index (χ4v) is 11.1.